The molecule has 0 spiro atoms. The Morgan fingerprint density at radius 3 is 2.50 bits per heavy atom. The first-order valence-electron chi connectivity index (χ1n) is 10.8. The number of rotatable bonds is 5. The maximum atomic E-state index is 13.5. The summed E-state index contributed by atoms with van der Waals surface area (Å²) in [5, 5.41) is 0. The van der Waals surface area contributed by atoms with Crippen molar-refractivity contribution in [1.29, 1.82) is 0 Å². The Kier molecular flexibility index (Phi) is 7.19. The molecule has 1 saturated heterocycles. The summed E-state index contributed by atoms with van der Waals surface area (Å²) in [5.74, 6) is -0.379. The van der Waals surface area contributed by atoms with E-state index in [0.717, 1.165) is 23.2 Å². The van der Waals surface area contributed by atoms with Gasteiger partial charge in [0, 0.05) is 18.8 Å². The standard InChI is InChI=1S/C25H28N2O5/c1-30-24(28)21-7-5-19(6-8-21)18-27(25(29)26-11-15-32-16-12-26)23-4-2-3-22(17-23)20-9-13-31-14-10-20/h2-9,17H,10-16,18H2,1H3. The van der Waals surface area contributed by atoms with Gasteiger partial charge in [-0.2, -0.15) is 0 Å². The van der Waals surface area contributed by atoms with Gasteiger partial charge < -0.3 is 19.1 Å². The van der Waals surface area contributed by atoms with Gasteiger partial charge in [0.05, 0.1) is 45.6 Å². The Morgan fingerprint density at radius 1 is 1.03 bits per heavy atom. The van der Waals surface area contributed by atoms with E-state index in [1.54, 1.807) is 17.0 Å². The number of anilines is 1. The maximum Gasteiger partial charge on any atom is 0.337 e. The van der Waals surface area contributed by atoms with Crippen molar-refractivity contribution in [2.75, 3.05) is 51.5 Å². The van der Waals surface area contributed by atoms with Gasteiger partial charge in [0.1, 0.15) is 0 Å². The molecule has 0 bridgehead atoms. The van der Waals surface area contributed by atoms with Crippen molar-refractivity contribution in [2.24, 2.45) is 0 Å². The first-order chi connectivity index (χ1) is 15.7. The van der Waals surface area contributed by atoms with Crippen molar-refractivity contribution in [2.45, 2.75) is 13.0 Å². The van der Waals surface area contributed by atoms with Gasteiger partial charge in [0.2, 0.25) is 0 Å². The third-order valence-electron chi connectivity index (χ3n) is 5.72. The van der Waals surface area contributed by atoms with Crippen LogP contribution in [0.3, 0.4) is 0 Å². The molecule has 2 aromatic rings. The number of morpholine rings is 1. The second-order valence-electron chi connectivity index (χ2n) is 7.76. The molecule has 32 heavy (non-hydrogen) atoms. The van der Waals surface area contributed by atoms with E-state index in [0.29, 0.717) is 51.6 Å². The molecule has 2 amide bonds. The highest BCUT2D eigenvalue weighted by molar-refractivity contribution is 5.93. The van der Waals surface area contributed by atoms with Crippen LogP contribution in [-0.2, 0) is 20.8 Å². The minimum Gasteiger partial charge on any atom is -0.465 e. The van der Waals surface area contributed by atoms with Crippen LogP contribution in [0.15, 0.2) is 54.6 Å². The fourth-order valence-corrected chi connectivity index (χ4v) is 3.90. The number of nitrogens with zero attached hydrogens (tertiary/aromatic N) is 2. The summed E-state index contributed by atoms with van der Waals surface area (Å²) in [5.41, 5.74) is 4.58. The van der Waals surface area contributed by atoms with Gasteiger partial charge in [-0.25, -0.2) is 9.59 Å². The van der Waals surface area contributed by atoms with Gasteiger partial charge in [-0.15, -0.1) is 0 Å². The highest BCUT2D eigenvalue weighted by atomic mass is 16.5. The summed E-state index contributed by atoms with van der Waals surface area (Å²) >= 11 is 0. The summed E-state index contributed by atoms with van der Waals surface area (Å²) < 4.78 is 15.6. The average molecular weight is 437 g/mol. The molecule has 0 N–H and O–H groups in total. The molecule has 0 atom stereocenters. The van der Waals surface area contributed by atoms with Gasteiger partial charge in [0.15, 0.2) is 0 Å². The molecule has 2 aromatic carbocycles. The Morgan fingerprint density at radius 2 is 1.81 bits per heavy atom. The molecule has 0 unspecified atom stereocenters. The van der Waals surface area contributed by atoms with E-state index in [9.17, 15) is 9.59 Å². The molecule has 0 radical (unpaired) electrons. The smallest absolute Gasteiger partial charge is 0.337 e. The number of esters is 1. The van der Waals surface area contributed by atoms with Crippen molar-refractivity contribution >= 4 is 23.3 Å². The van der Waals surface area contributed by atoms with Crippen LogP contribution in [0.4, 0.5) is 10.5 Å². The molecule has 2 aliphatic heterocycles. The molecule has 7 nitrogen and oxygen atoms in total. The van der Waals surface area contributed by atoms with E-state index >= 15 is 0 Å². The minimum absolute atomic E-state index is 0.0524. The van der Waals surface area contributed by atoms with Crippen LogP contribution >= 0.6 is 0 Å². The lowest BCUT2D eigenvalue weighted by atomic mass is 10.0. The Bertz CT molecular complexity index is 980. The summed E-state index contributed by atoms with van der Waals surface area (Å²) in [6, 6.07) is 15.2. The lowest BCUT2D eigenvalue weighted by Crippen LogP contribution is -2.48. The fraction of sp³-hybridized carbons (Fsp3) is 0.360. The number of hydrogen-bond donors (Lipinski definition) is 0. The van der Waals surface area contributed by atoms with Crippen molar-refractivity contribution in [1.82, 2.24) is 4.90 Å². The third-order valence-corrected chi connectivity index (χ3v) is 5.72. The van der Waals surface area contributed by atoms with E-state index in [1.165, 1.54) is 12.7 Å². The van der Waals surface area contributed by atoms with E-state index in [-0.39, 0.29) is 12.0 Å². The first kappa shape index (κ1) is 22.0. The maximum absolute atomic E-state index is 13.5. The summed E-state index contributed by atoms with van der Waals surface area (Å²) in [6.07, 6.45) is 2.96. The SMILES string of the molecule is COC(=O)c1ccc(CN(C(=O)N2CCOCC2)c2cccc(C3=CCOCC3)c2)cc1. The molecule has 168 valence electrons. The minimum atomic E-state index is -0.379. The average Bonchev–Trinajstić information content (AvgIpc) is 2.88. The first-order valence-corrected chi connectivity index (χ1v) is 10.8. The van der Waals surface area contributed by atoms with Crippen LogP contribution in [-0.4, -0.2) is 63.5 Å². The number of ether oxygens (including phenoxy) is 3. The second kappa shape index (κ2) is 10.4. The predicted molar refractivity (Wildman–Crippen MR) is 122 cm³/mol. The highest BCUT2D eigenvalue weighted by Crippen LogP contribution is 2.27. The number of benzene rings is 2. The Balaban J connectivity index is 1.62. The van der Waals surface area contributed by atoms with Gasteiger partial charge in [-0.1, -0.05) is 30.3 Å². The highest BCUT2D eigenvalue weighted by Gasteiger charge is 2.25. The quantitative estimate of drug-likeness (QED) is 0.668. The second-order valence-corrected chi connectivity index (χ2v) is 7.76. The molecule has 7 heteroatoms. The zero-order valence-corrected chi connectivity index (χ0v) is 18.3. The fourth-order valence-electron chi connectivity index (χ4n) is 3.90. The van der Waals surface area contributed by atoms with E-state index < -0.39 is 0 Å². The number of urea groups is 1. The monoisotopic (exact) mass is 436 g/mol. The van der Waals surface area contributed by atoms with Gasteiger partial charge in [-0.05, 0) is 47.4 Å². The van der Waals surface area contributed by atoms with Crippen LogP contribution in [0.5, 0.6) is 0 Å². The molecule has 2 heterocycles. The van der Waals surface area contributed by atoms with Crippen molar-refractivity contribution in [3.63, 3.8) is 0 Å². The number of carbonyl (C=O) groups is 2. The zero-order valence-electron chi connectivity index (χ0n) is 18.3. The van der Waals surface area contributed by atoms with E-state index in [2.05, 4.69) is 18.2 Å². The summed E-state index contributed by atoms with van der Waals surface area (Å²) in [6.45, 7) is 3.93. The lowest BCUT2D eigenvalue weighted by Gasteiger charge is -2.33. The summed E-state index contributed by atoms with van der Waals surface area (Å²) in [7, 11) is 1.36. The molecule has 0 aromatic heterocycles. The van der Waals surface area contributed by atoms with Crippen LogP contribution in [0.1, 0.15) is 27.9 Å². The largest absolute Gasteiger partial charge is 0.465 e. The molecule has 2 aliphatic rings. The van der Waals surface area contributed by atoms with Crippen LogP contribution in [0, 0.1) is 0 Å². The van der Waals surface area contributed by atoms with Gasteiger partial charge in [-0.3, -0.25) is 4.90 Å². The number of methoxy groups -OCH3 is 1. The molecule has 1 fully saturated rings. The Hall–Kier alpha value is -3.16. The zero-order chi connectivity index (χ0) is 22.3. The number of hydrogen-bond acceptors (Lipinski definition) is 5. The molecular weight excluding hydrogens is 408 g/mol. The molecular formula is C25H28N2O5. The molecule has 0 saturated carbocycles. The predicted octanol–water partition coefficient (Wildman–Crippen LogP) is 3.74. The molecule has 4 rings (SSSR count). The van der Waals surface area contributed by atoms with Crippen LogP contribution < -0.4 is 4.90 Å². The van der Waals surface area contributed by atoms with E-state index in [4.69, 9.17) is 14.2 Å². The topological polar surface area (TPSA) is 68.3 Å². The molecule has 0 aliphatic carbocycles. The summed E-state index contributed by atoms with van der Waals surface area (Å²) in [4.78, 5) is 28.9. The van der Waals surface area contributed by atoms with Gasteiger partial charge >= 0.3 is 12.0 Å². The number of amides is 2. The number of carbonyl (C=O) groups excluding carboxylic acids is 2. The lowest BCUT2D eigenvalue weighted by molar-refractivity contribution is 0.0548. The van der Waals surface area contributed by atoms with Crippen molar-refractivity contribution in [3.8, 4) is 0 Å². The van der Waals surface area contributed by atoms with Gasteiger partial charge in [0.25, 0.3) is 0 Å². The van der Waals surface area contributed by atoms with Crippen molar-refractivity contribution < 1.29 is 23.8 Å². The van der Waals surface area contributed by atoms with E-state index in [1.807, 2.05) is 29.2 Å². The Labute approximate surface area is 188 Å². The van der Waals surface area contributed by atoms with Crippen LogP contribution in [0.25, 0.3) is 5.57 Å². The van der Waals surface area contributed by atoms with Crippen LogP contribution in [0.2, 0.25) is 0 Å². The third kappa shape index (κ3) is 5.18. The normalized spacial score (nSPS) is 16.3. The van der Waals surface area contributed by atoms with Crippen molar-refractivity contribution in [3.05, 3.63) is 71.3 Å².